The summed E-state index contributed by atoms with van der Waals surface area (Å²) in [4.78, 5) is 28.2. The zero-order chi connectivity index (χ0) is 27.1. The molecule has 1 spiro atoms. The van der Waals surface area contributed by atoms with Gasteiger partial charge in [-0.3, -0.25) is 14.2 Å². The number of carbonyl (C=O) groups is 1. The average Bonchev–Trinajstić information content (AvgIpc) is 3.25. The van der Waals surface area contributed by atoms with Crippen LogP contribution in [0.4, 0.5) is 24.5 Å². The van der Waals surface area contributed by atoms with Gasteiger partial charge in [0.2, 0.25) is 11.7 Å². The molecular formula is C26H24F3N7O3. The van der Waals surface area contributed by atoms with Crippen molar-refractivity contribution in [2.45, 2.75) is 50.3 Å². The third-order valence-electron chi connectivity index (χ3n) is 7.98. The normalized spacial score (nSPS) is 22.7. The maximum atomic E-state index is 13.3. The van der Waals surface area contributed by atoms with E-state index in [1.165, 1.54) is 6.20 Å². The molecule has 0 bridgehead atoms. The lowest BCUT2D eigenvalue weighted by molar-refractivity contribution is -0.209. The Labute approximate surface area is 219 Å². The Morgan fingerprint density at radius 1 is 1.23 bits per heavy atom. The summed E-state index contributed by atoms with van der Waals surface area (Å²) >= 11 is 0. The molecule has 0 unspecified atom stereocenters. The second-order valence-electron chi connectivity index (χ2n) is 11.0. The van der Waals surface area contributed by atoms with Gasteiger partial charge in [-0.1, -0.05) is 5.16 Å². The number of imidazole rings is 1. The molecule has 2 saturated carbocycles. The van der Waals surface area contributed by atoms with Gasteiger partial charge in [-0.2, -0.15) is 4.98 Å². The van der Waals surface area contributed by atoms with Gasteiger partial charge >= 0.3 is 0 Å². The summed E-state index contributed by atoms with van der Waals surface area (Å²) in [6.07, 6.45) is 1.68. The molecule has 0 radical (unpaired) electrons. The summed E-state index contributed by atoms with van der Waals surface area (Å²) in [7, 11) is 0. The van der Waals surface area contributed by atoms with Crippen molar-refractivity contribution in [3.05, 3.63) is 54.1 Å². The summed E-state index contributed by atoms with van der Waals surface area (Å²) in [5, 5.41) is 16.7. The van der Waals surface area contributed by atoms with Crippen molar-refractivity contribution in [2.24, 2.45) is 5.41 Å². The van der Waals surface area contributed by atoms with Crippen molar-refractivity contribution in [3.8, 4) is 11.4 Å². The van der Waals surface area contributed by atoms with Crippen LogP contribution in [0.5, 0.6) is 0 Å². The van der Waals surface area contributed by atoms with Crippen LogP contribution in [0.1, 0.15) is 47.3 Å². The van der Waals surface area contributed by atoms with E-state index in [0.717, 1.165) is 5.69 Å². The first-order valence-electron chi connectivity index (χ1n) is 12.6. The van der Waals surface area contributed by atoms with E-state index in [9.17, 15) is 23.1 Å². The Bertz CT molecular complexity index is 1610. The van der Waals surface area contributed by atoms with E-state index in [4.69, 9.17) is 4.52 Å². The van der Waals surface area contributed by atoms with E-state index >= 15 is 0 Å². The van der Waals surface area contributed by atoms with Gasteiger partial charge in [0.05, 0.1) is 23.5 Å². The summed E-state index contributed by atoms with van der Waals surface area (Å²) in [5.41, 5.74) is 1.18. The lowest BCUT2D eigenvalue weighted by Gasteiger charge is -2.62. The van der Waals surface area contributed by atoms with E-state index in [1.807, 2.05) is 12.1 Å². The van der Waals surface area contributed by atoms with Crippen molar-refractivity contribution in [1.82, 2.24) is 24.5 Å². The number of alkyl halides is 3. The molecule has 10 nitrogen and oxygen atoms in total. The molecule has 0 aromatic carbocycles. The third kappa shape index (κ3) is 3.94. The SMILES string of the molecule is Cc1ncc(-c2noc([C@H]3C[C@@H]3F)n2)cc1NC(=O)c1cnc2cc(N3CC4(C3)CC(O)(C(F)F)C4)ccn12. The topological polar surface area (TPSA) is 122 Å². The van der Waals surface area contributed by atoms with Crippen molar-refractivity contribution < 1.29 is 27.6 Å². The molecule has 1 aliphatic heterocycles. The lowest BCUT2D eigenvalue weighted by atomic mass is 9.55. The van der Waals surface area contributed by atoms with Crippen molar-refractivity contribution in [1.29, 1.82) is 0 Å². The van der Waals surface area contributed by atoms with Crippen LogP contribution in [0.3, 0.4) is 0 Å². The molecule has 3 fully saturated rings. The molecule has 5 heterocycles. The van der Waals surface area contributed by atoms with Crippen molar-refractivity contribution in [3.63, 3.8) is 0 Å². The number of halogens is 3. The monoisotopic (exact) mass is 539 g/mol. The van der Waals surface area contributed by atoms with Crippen LogP contribution in [-0.2, 0) is 0 Å². The first kappa shape index (κ1) is 24.1. The maximum Gasteiger partial charge on any atom is 0.274 e. The highest BCUT2D eigenvalue weighted by Gasteiger charge is 2.63. The molecule has 2 N–H and O–H groups in total. The molecule has 2 aliphatic carbocycles. The minimum atomic E-state index is -2.73. The molecule has 1 amide bonds. The number of aliphatic hydroxyl groups is 1. The maximum absolute atomic E-state index is 13.3. The van der Waals surface area contributed by atoms with E-state index in [-0.39, 0.29) is 35.9 Å². The quantitative estimate of drug-likeness (QED) is 0.380. The molecule has 13 heteroatoms. The molecule has 39 heavy (non-hydrogen) atoms. The van der Waals surface area contributed by atoms with Gasteiger partial charge in [0, 0.05) is 48.2 Å². The van der Waals surface area contributed by atoms with E-state index in [1.54, 1.807) is 29.8 Å². The summed E-state index contributed by atoms with van der Waals surface area (Å²) in [6.45, 7) is 2.93. The number of nitrogens with one attached hydrogen (secondary N) is 1. The Balaban J connectivity index is 1.05. The fourth-order valence-corrected chi connectivity index (χ4v) is 5.80. The van der Waals surface area contributed by atoms with Crippen LogP contribution in [0.15, 0.2) is 41.3 Å². The van der Waals surface area contributed by atoms with E-state index in [0.29, 0.717) is 47.8 Å². The molecule has 7 rings (SSSR count). The van der Waals surface area contributed by atoms with Gasteiger partial charge < -0.3 is 19.8 Å². The predicted octanol–water partition coefficient (Wildman–Crippen LogP) is 3.76. The lowest BCUT2D eigenvalue weighted by Crippen LogP contribution is -2.70. The highest BCUT2D eigenvalue weighted by atomic mass is 19.3. The van der Waals surface area contributed by atoms with Crippen LogP contribution in [-0.4, -0.2) is 66.8 Å². The number of aromatic nitrogens is 5. The number of carbonyl (C=O) groups excluding carboxylic acids is 1. The predicted molar refractivity (Wildman–Crippen MR) is 132 cm³/mol. The molecular weight excluding hydrogens is 515 g/mol. The second kappa shape index (κ2) is 8.25. The molecule has 202 valence electrons. The van der Waals surface area contributed by atoms with Gasteiger partial charge in [-0.25, -0.2) is 18.2 Å². The van der Waals surface area contributed by atoms with Gasteiger partial charge in [-0.15, -0.1) is 0 Å². The van der Waals surface area contributed by atoms with Gasteiger partial charge in [0.15, 0.2) is 0 Å². The molecule has 1 saturated heterocycles. The smallest absolute Gasteiger partial charge is 0.274 e. The first-order chi connectivity index (χ1) is 18.6. The van der Waals surface area contributed by atoms with Crippen molar-refractivity contribution in [2.75, 3.05) is 23.3 Å². The zero-order valence-electron chi connectivity index (χ0n) is 20.8. The molecule has 2 atom stereocenters. The van der Waals surface area contributed by atoms with Crippen LogP contribution in [0, 0.1) is 12.3 Å². The average molecular weight is 540 g/mol. The molecule has 3 aliphatic rings. The number of anilines is 2. The Morgan fingerprint density at radius 3 is 2.72 bits per heavy atom. The fraction of sp³-hybridized carbons (Fsp3) is 0.423. The minimum Gasteiger partial charge on any atom is -0.384 e. The zero-order valence-corrected chi connectivity index (χ0v) is 20.8. The summed E-state index contributed by atoms with van der Waals surface area (Å²) in [5.74, 6) is -0.231. The van der Waals surface area contributed by atoms with E-state index < -0.39 is 24.1 Å². The second-order valence-corrected chi connectivity index (χ2v) is 11.0. The standard InChI is InChI=1S/C26H24F3N7O3/c1-13-18(4-14(7-30-13)21-33-23(39-34-21)16-6-17(16)27)32-22(37)19-8-31-20-5-15(2-3-36(19)20)35-11-25(12-35)9-26(38,10-25)24(28)29/h2-5,7-8,16-17,24,38H,6,9-12H2,1H3,(H,32,37)/t16-,17-/m0/s1. The largest absolute Gasteiger partial charge is 0.384 e. The van der Waals surface area contributed by atoms with Gasteiger partial charge in [0.1, 0.15) is 23.1 Å². The highest BCUT2D eigenvalue weighted by Crippen LogP contribution is 2.56. The fourth-order valence-electron chi connectivity index (χ4n) is 5.80. The number of hydrogen-bond acceptors (Lipinski definition) is 8. The van der Waals surface area contributed by atoms with Crippen LogP contribution in [0.2, 0.25) is 0 Å². The Hall–Kier alpha value is -4.00. The minimum absolute atomic E-state index is 0.103. The number of aryl methyl sites for hydroxylation is 1. The first-order valence-corrected chi connectivity index (χ1v) is 12.6. The number of nitrogens with zero attached hydrogens (tertiary/aromatic N) is 6. The summed E-state index contributed by atoms with van der Waals surface area (Å²) < 4.78 is 46.2. The van der Waals surface area contributed by atoms with Crippen LogP contribution < -0.4 is 10.2 Å². The third-order valence-corrected chi connectivity index (χ3v) is 7.98. The number of rotatable bonds is 6. The Morgan fingerprint density at radius 2 is 2.00 bits per heavy atom. The van der Waals surface area contributed by atoms with Crippen LogP contribution >= 0.6 is 0 Å². The van der Waals surface area contributed by atoms with Gasteiger partial charge in [-0.05, 0) is 38.3 Å². The number of hydrogen-bond donors (Lipinski definition) is 2. The number of pyridine rings is 2. The number of fused-ring (bicyclic) bond motifs is 1. The van der Waals surface area contributed by atoms with Gasteiger partial charge in [0.25, 0.3) is 12.3 Å². The summed E-state index contributed by atoms with van der Waals surface area (Å²) in [6, 6.07) is 5.37. The van der Waals surface area contributed by atoms with Crippen LogP contribution in [0.25, 0.3) is 17.0 Å². The highest BCUT2D eigenvalue weighted by molar-refractivity contribution is 6.04. The molecule has 4 aromatic rings. The molecule has 4 aromatic heterocycles. The Kier molecular flexibility index (Phi) is 5.09. The number of amides is 1. The van der Waals surface area contributed by atoms with Crippen molar-refractivity contribution >= 4 is 22.9 Å². The van der Waals surface area contributed by atoms with E-state index in [2.05, 4.69) is 30.3 Å².